The molecule has 1 aliphatic heterocycles. The maximum atomic E-state index is 9.29. The summed E-state index contributed by atoms with van der Waals surface area (Å²) in [5.41, 5.74) is 0. The first-order valence-electron chi connectivity index (χ1n) is 4.60. The number of likely N-dealkylation sites (tertiary alicyclic amines) is 1. The van der Waals surface area contributed by atoms with E-state index in [1.807, 2.05) is 0 Å². The molecule has 11 heavy (non-hydrogen) atoms. The van der Waals surface area contributed by atoms with E-state index in [1.54, 1.807) is 0 Å². The highest BCUT2D eigenvalue weighted by Gasteiger charge is 2.26. The lowest BCUT2D eigenvalue weighted by atomic mass is 10.1. The highest BCUT2D eigenvalue weighted by Crippen LogP contribution is 2.31. The summed E-state index contributed by atoms with van der Waals surface area (Å²) in [6.45, 7) is 3.26. The van der Waals surface area contributed by atoms with Crippen molar-refractivity contribution in [2.24, 2.45) is 5.92 Å². The normalized spacial score (nSPS) is 29.2. The van der Waals surface area contributed by atoms with Crippen LogP contribution in [0, 0.1) is 12.0 Å². The summed E-state index contributed by atoms with van der Waals surface area (Å²) in [5, 5.41) is 9.29. The fraction of sp³-hybridized carbons (Fsp3) is 0.889. The lowest BCUT2D eigenvalue weighted by Gasteiger charge is -2.29. The molecule has 2 aliphatic rings. The van der Waals surface area contributed by atoms with Crippen LogP contribution in [0.4, 0.5) is 0 Å². The summed E-state index contributed by atoms with van der Waals surface area (Å²) >= 11 is 0. The highest BCUT2D eigenvalue weighted by molar-refractivity contribution is 4.88. The lowest BCUT2D eigenvalue weighted by molar-refractivity contribution is 0.145. The van der Waals surface area contributed by atoms with E-state index < -0.39 is 0 Å². The minimum Gasteiger partial charge on any atom is -0.385 e. The summed E-state index contributed by atoms with van der Waals surface area (Å²) in [4.78, 5) is 2.39. The minimum atomic E-state index is 0.692. The molecule has 1 N–H and O–H groups in total. The molecule has 1 radical (unpaired) electrons. The first kappa shape index (κ1) is 7.56. The van der Waals surface area contributed by atoms with E-state index in [0.717, 1.165) is 25.3 Å². The predicted octanol–water partition coefficient (Wildman–Crippen LogP) is 1.40. The Morgan fingerprint density at radius 2 is 2.27 bits per heavy atom. The van der Waals surface area contributed by atoms with Gasteiger partial charge in [-0.05, 0) is 38.1 Å². The third-order valence-corrected chi connectivity index (χ3v) is 2.56. The van der Waals surface area contributed by atoms with E-state index in [0.29, 0.717) is 6.10 Å². The molecule has 0 amide bonds. The smallest absolute Gasteiger partial charge is 0.107 e. The molecule has 0 aromatic carbocycles. The summed E-state index contributed by atoms with van der Waals surface area (Å²) < 4.78 is 0. The van der Waals surface area contributed by atoms with Crippen LogP contribution in [0.3, 0.4) is 0 Å². The van der Waals surface area contributed by atoms with E-state index in [1.165, 1.54) is 25.9 Å². The highest BCUT2D eigenvalue weighted by atomic mass is 16.3. The second-order valence-corrected chi connectivity index (χ2v) is 3.85. The molecule has 2 heteroatoms. The lowest BCUT2D eigenvalue weighted by Crippen LogP contribution is -2.35. The van der Waals surface area contributed by atoms with Gasteiger partial charge in [0.25, 0.3) is 0 Å². The molecule has 0 atom stereocenters. The van der Waals surface area contributed by atoms with E-state index in [4.69, 9.17) is 0 Å². The Kier molecular flexibility index (Phi) is 2.14. The van der Waals surface area contributed by atoms with Gasteiger partial charge >= 0.3 is 0 Å². The van der Waals surface area contributed by atoms with E-state index in [9.17, 15) is 5.11 Å². The van der Waals surface area contributed by atoms with E-state index in [2.05, 4.69) is 4.90 Å². The third-order valence-electron chi connectivity index (χ3n) is 2.56. The van der Waals surface area contributed by atoms with Crippen molar-refractivity contribution in [3.8, 4) is 0 Å². The fourth-order valence-electron chi connectivity index (χ4n) is 1.74. The molecule has 0 unspecified atom stereocenters. The van der Waals surface area contributed by atoms with Crippen molar-refractivity contribution in [3.63, 3.8) is 0 Å². The van der Waals surface area contributed by atoms with Crippen molar-refractivity contribution in [2.45, 2.75) is 25.7 Å². The third kappa shape index (κ3) is 2.17. The number of aliphatic hydroxyl groups is 1. The first-order chi connectivity index (χ1) is 5.34. The van der Waals surface area contributed by atoms with E-state index >= 15 is 0 Å². The average molecular weight is 154 g/mol. The first-order valence-corrected chi connectivity index (χ1v) is 4.60. The Morgan fingerprint density at radius 3 is 2.91 bits per heavy atom. The molecule has 1 saturated carbocycles. The molecular formula is C9H16NO. The van der Waals surface area contributed by atoms with Gasteiger partial charge in [-0.1, -0.05) is 0 Å². The van der Waals surface area contributed by atoms with Crippen molar-refractivity contribution in [1.29, 1.82) is 0 Å². The van der Waals surface area contributed by atoms with Crippen molar-refractivity contribution in [1.82, 2.24) is 4.90 Å². The topological polar surface area (TPSA) is 23.5 Å². The van der Waals surface area contributed by atoms with Gasteiger partial charge in [-0.3, -0.25) is 0 Å². The fourth-order valence-corrected chi connectivity index (χ4v) is 1.74. The van der Waals surface area contributed by atoms with Gasteiger partial charge in [0, 0.05) is 13.1 Å². The summed E-state index contributed by atoms with van der Waals surface area (Å²) in [7, 11) is 0. The van der Waals surface area contributed by atoms with Crippen LogP contribution in [-0.2, 0) is 0 Å². The maximum Gasteiger partial charge on any atom is 0.107 e. The number of nitrogens with zero attached hydrogens (tertiary/aromatic N) is 1. The van der Waals surface area contributed by atoms with Crippen LogP contribution in [0.2, 0.25) is 0 Å². The van der Waals surface area contributed by atoms with Crippen LogP contribution in [0.1, 0.15) is 25.7 Å². The number of piperidine rings is 1. The molecule has 2 nitrogen and oxygen atoms in total. The summed E-state index contributed by atoms with van der Waals surface area (Å²) in [6.07, 6.45) is 5.60. The zero-order valence-corrected chi connectivity index (χ0v) is 6.92. The average Bonchev–Trinajstić information content (AvgIpc) is 2.71. The molecular weight excluding hydrogens is 138 g/mol. The summed E-state index contributed by atoms with van der Waals surface area (Å²) in [6, 6.07) is 0. The van der Waals surface area contributed by atoms with Crippen LogP contribution in [0.25, 0.3) is 0 Å². The van der Waals surface area contributed by atoms with Gasteiger partial charge in [-0.2, -0.15) is 0 Å². The maximum absolute atomic E-state index is 9.29. The molecule has 0 aromatic rings. The Balaban J connectivity index is 1.73. The Bertz CT molecular complexity index is 132. The zero-order valence-electron chi connectivity index (χ0n) is 6.92. The molecule has 2 fully saturated rings. The molecule has 63 valence electrons. The van der Waals surface area contributed by atoms with E-state index in [-0.39, 0.29) is 0 Å². The van der Waals surface area contributed by atoms with Crippen LogP contribution in [-0.4, -0.2) is 29.6 Å². The van der Waals surface area contributed by atoms with Crippen molar-refractivity contribution in [2.75, 3.05) is 19.6 Å². The summed E-state index contributed by atoms with van der Waals surface area (Å²) in [5.74, 6) is 0.959. The number of rotatable bonds is 2. The monoisotopic (exact) mass is 154 g/mol. The van der Waals surface area contributed by atoms with Crippen LogP contribution >= 0.6 is 0 Å². The molecule has 1 saturated heterocycles. The molecule has 1 aliphatic carbocycles. The number of hydrogen-bond acceptors (Lipinski definition) is 2. The second-order valence-electron chi connectivity index (χ2n) is 3.85. The molecule has 0 spiro atoms. The molecule has 0 bridgehead atoms. The van der Waals surface area contributed by atoms with Gasteiger partial charge < -0.3 is 10.0 Å². The SMILES string of the molecule is O[C]1CCCN(CC2CC2)C1. The van der Waals surface area contributed by atoms with Gasteiger partial charge in [0.2, 0.25) is 0 Å². The molecule has 0 aromatic heterocycles. The minimum absolute atomic E-state index is 0.692. The van der Waals surface area contributed by atoms with Crippen LogP contribution in [0.15, 0.2) is 0 Å². The van der Waals surface area contributed by atoms with Gasteiger partial charge in [-0.25, -0.2) is 0 Å². The number of aliphatic hydroxyl groups excluding tert-OH is 1. The molecule has 1 heterocycles. The largest absolute Gasteiger partial charge is 0.385 e. The Labute approximate surface area is 68.2 Å². The number of hydrogen-bond donors (Lipinski definition) is 1. The predicted molar refractivity (Wildman–Crippen MR) is 43.6 cm³/mol. The Hall–Kier alpha value is -0.0800. The van der Waals surface area contributed by atoms with Crippen molar-refractivity contribution < 1.29 is 5.11 Å². The quantitative estimate of drug-likeness (QED) is 0.650. The Morgan fingerprint density at radius 1 is 1.45 bits per heavy atom. The van der Waals surface area contributed by atoms with Crippen LogP contribution < -0.4 is 0 Å². The van der Waals surface area contributed by atoms with Gasteiger partial charge in [0.05, 0.1) is 0 Å². The van der Waals surface area contributed by atoms with Gasteiger partial charge in [0.1, 0.15) is 6.10 Å². The van der Waals surface area contributed by atoms with Crippen LogP contribution in [0.5, 0.6) is 0 Å². The zero-order chi connectivity index (χ0) is 7.68. The second kappa shape index (κ2) is 3.11. The van der Waals surface area contributed by atoms with Crippen molar-refractivity contribution >= 4 is 0 Å². The van der Waals surface area contributed by atoms with Gasteiger partial charge in [-0.15, -0.1) is 0 Å². The standard InChI is InChI=1S/C9H16NO/c11-9-2-1-5-10(7-9)6-8-3-4-8/h8,11H,1-7H2. The molecule has 2 rings (SSSR count). The van der Waals surface area contributed by atoms with Gasteiger partial charge in [0.15, 0.2) is 0 Å². The van der Waals surface area contributed by atoms with Crippen molar-refractivity contribution in [3.05, 3.63) is 6.10 Å².